The van der Waals surface area contributed by atoms with Gasteiger partial charge in [-0.2, -0.15) is 0 Å². The zero-order valence-electron chi connectivity index (χ0n) is 16.6. The third kappa shape index (κ3) is 3.95. The molecule has 1 aliphatic heterocycles. The van der Waals surface area contributed by atoms with Gasteiger partial charge in [-0.3, -0.25) is 9.78 Å². The molecule has 152 valence electrons. The number of carbonyl (C=O) groups is 1. The van der Waals surface area contributed by atoms with Gasteiger partial charge in [0.2, 0.25) is 0 Å². The van der Waals surface area contributed by atoms with Crippen LogP contribution in [0.2, 0.25) is 5.02 Å². The van der Waals surface area contributed by atoms with E-state index in [0.717, 1.165) is 24.2 Å². The van der Waals surface area contributed by atoms with Crippen molar-refractivity contribution >= 4 is 28.7 Å². The molecule has 4 heterocycles. The van der Waals surface area contributed by atoms with Crippen LogP contribution in [0.4, 0.5) is 0 Å². The highest BCUT2D eigenvalue weighted by atomic mass is 35.5. The summed E-state index contributed by atoms with van der Waals surface area (Å²) < 4.78 is 7.96. The summed E-state index contributed by atoms with van der Waals surface area (Å²) in [4.78, 5) is 30.5. The number of aryl methyl sites for hydroxylation is 1. The monoisotopic (exact) mass is 414 g/mol. The minimum atomic E-state index is -0.441. The smallest absolute Gasteiger partial charge is 0.272 e. The van der Waals surface area contributed by atoms with E-state index in [0.29, 0.717) is 23.0 Å². The molecule has 1 amide bonds. The molecule has 1 fully saturated rings. The van der Waals surface area contributed by atoms with E-state index in [9.17, 15) is 4.79 Å². The predicted molar refractivity (Wildman–Crippen MR) is 109 cm³/mol. The van der Waals surface area contributed by atoms with Crippen LogP contribution in [0.5, 0.6) is 0 Å². The second kappa shape index (κ2) is 8.04. The predicted octanol–water partition coefficient (Wildman–Crippen LogP) is 3.41. The van der Waals surface area contributed by atoms with Crippen molar-refractivity contribution in [1.29, 1.82) is 0 Å². The Morgan fingerprint density at radius 3 is 2.76 bits per heavy atom. The lowest BCUT2D eigenvalue weighted by Crippen LogP contribution is -2.38. The van der Waals surface area contributed by atoms with Crippen molar-refractivity contribution in [3.8, 4) is 0 Å². The van der Waals surface area contributed by atoms with Gasteiger partial charge in [0.05, 0.1) is 23.0 Å². The van der Waals surface area contributed by atoms with Crippen LogP contribution in [0.3, 0.4) is 0 Å². The molecule has 2 atom stereocenters. The number of imidazole rings is 1. The van der Waals surface area contributed by atoms with Crippen molar-refractivity contribution in [3.05, 3.63) is 46.9 Å². The Bertz CT molecular complexity index is 1030. The van der Waals surface area contributed by atoms with E-state index in [2.05, 4.69) is 34.1 Å². The van der Waals surface area contributed by atoms with Gasteiger partial charge >= 0.3 is 0 Å². The van der Waals surface area contributed by atoms with Crippen molar-refractivity contribution in [2.45, 2.75) is 51.8 Å². The van der Waals surface area contributed by atoms with Crippen LogP contribution in [0.1, 0.15) is 60.8 Å². The molecule has 9 heteroatoms. The molecule has 0 spiro atoms. The SMILES string of the molecule is Cc1cnc(C(=O)N[C@H](c2nc3cc(Cl)cnc3n2C(C)C)[C@H]2CCCO2)cn1. The largest absolute Gasteiger partial charge is 0.376 e. The first-order valence-corrected chi connectivity index (χ1v) is 10.1. The number of fused-ring (bicyclic) bond motifs is 1. The Morgan fingerprint density at radius 1 is 1.28 bits per heavy atom. The minimum Gasteiger partial charge on any atom is -0.376 e. The fourth-order valence-corrected chi connectivity index (χ4v) is 3.77. The summed E-state index contributed by atoms with van der Waals surface area (Å²) >= 11 is 6.12. The molecule has 0 unspecified atom stereocenters. The summed E-state index contributed by atoms with van der Waals surface area (Å²) in [5, 5.41) is 3.59. The number of rotatable bonds is 5. The Kier molecular flexibility index (Phi) is 5.47. The van der Waals surface area contributed by atoms with Gasteiger partial charge in [0.25, 0.3) is 5.91 Å². The first-order chi connectivity index (χ1) is 13.9. The number of nitrogens with one attached hydrogen (secondary N) is 1. The average molecular weight is 415 g/mol. The summed E-state index contributed by atoms with van der Waals surface area (Å²) in [5.74, 6) is 0.386. The zero-order chi connectivity index (χ0) is 20.5. The van der Waals surface area contributed by atoms with Gasteiger partial charge in [0.15, 0.2) is 5.65 Å². The Morgan fingerprint density at radius 2 is 2.10 bits per heavy atom. The number of aromatic nitrogens is 5. The van der Waals surface area contributed by atoms with E-state index in [4.69, 9.17) is 21.3 Å². The molecule has 1 saturated heterocycles. The highest BCUT2D eigenvalue weighted by molar-refractivity contribution is 6.31. The molecule has 1 N–H and O–H groups in total. The summed E-state index contributed by atoms with van der Waals surface area (Å²) in [6.07, 6.45) is 6.25. The number of amides is 1. The summed E-state index contributed by atoms with van der Waals surface area (Å²) in [7, 11) is 0. The maximum Gasteiger partial charge on any atom is 0.272 e. The highest BCUT2D eigenvalue weighted by Crippen LogP contribution is 2.31. The van der Waals surface area contributed by atoms with Gasteiger partial charge in [-0.25, -0.2) is 15.0 Å². The Balaban J connectivity index is 1.76. The van der Waals surface area contributed by atoms with Crippen LogP contribution in [0.25, 0.3) is 11.2 Å². The fourth-order valence-electron chi connectivity index (χ4n) is 3.62. The first kappa shape index (κ1) is 19.7. The van der Waals surface area contributed by atoms with Crippen molar-refractivity contribution in [1.82, 2.24) is 29.8 Å². The van der Waals surface area contributed by atoms with Gasteiger partial charge in [0, 0.05) is 25.0 Å². The number of hydrogen-bond donors (Lipinski definition) is 1. The summed E-state index contributed by atoms with van der Waals surface area (Å²) in [6.45, 7) is 6.60. The number of carbonyl (C=O) groups excluding carboxylic acids is 1. The van der Waals surface area contributed by atoms with E-state index in [1.165, 1.54) is 6.20 Å². The normalized spacial score (nSPS) is 17.8. The van der Waals surface area contributed by atoms with Crippen molar-refractivity contribution in [2.24, 2.45) is 0 Å². The summed E-state index contributed by atoms with van der Waals surface area (Å²) in [6, 6.07) is 1.43. The molecule has 0 aliphatic carbocycles. The molecule has 4 rings (SSSR count). The van der Waals surface area contributed by atoms with Crippen molar-refractivity contribution in [3.63, 3.8) is 0 Å². The van der Waals surface area contributed by atoms with Gasteiger partial charge in [-0.05, 0) is 39.7 Å². The van der Waals surface area contributed by atoms with Gasteiger partial charge < -0.3 is 14.6 Å². The lowest BCUT2D eigenvalue weighted by atomic mass is 10.1. The van der Waals surface area contributed by atoms with Crippen molar-refractivity contribution < 1.29 is 9.53 Å². The van der Waals surface area contributed by atoms with Gasteiger partial charge in [0.1, 0.15) is 23.1 Å². The number of pyridine rings is 1. The standard InChI is InChI=1S/C20H23ClN6O2/c1-11(2)27-18-14(7-13(21)9-24-18)25-19(27)17(16-5-4-6-29-16)26-20(28)15-10-22-12(3)8-23-15/h7-11,16-17H,4-6H2,1-3H3,(H,26,28)/t16-,17+/m1/s1. The van der Waals surface area contributed by atoms with Gasteiger partial charge in [-0.1, -0.05) is 11.6 Å². The molecule has 0 saturated carbocycles. The molecule has 1 aliphatic rings. The molecular formula is C20H23ClN6O2. The molecule has 3 aromatic heterocycles. The van der Waals surface area contributed by atoms with E-state index >= 15 is 0 Å². The maximum atomic E-state index is 12.9. The quantitative estimate of drug-likeness (QED) is 0.687. The third-order valence-electron chi connectivity index (χ3n) is 4.96. The van der Waals surface area contributed by atoms with Crippen LogP contribution in [0, 0.1) is 6.92 Å². The molecule has 0 aromatic carbocycles. The highest BCUT2D eigenvalue weighted by Gasteiger charge is 2.34. The Labute approximate surface area is 173 Å². The van der Waals surface area contributed by atoms with E-state index in [-0.39, 0.29) is 23.7 Å². The average Bonchev–Trinajstić information content (AvgIpc) is 3.34. The van der Waals surface area contributed by atoms with Crippen LogP contribution >= 0.6 is 11.6 Å². The third-order valence-corrected chi connectivity index (χ3v) is 5.16. The molecule has 3 aromatic rings. The molecular weight excluding hydrogens is 392 g/mol. The zero-order valence-corrected chi connectivity index (χ0v) is 17.3. The van der Waals surface area contributed by atoms with Crippen LogP contribution in [-0.2, 0) is 4.74 Å². The molecule has 0 bridgehead atoms. The second-order valence-electron chi connectivity index (χ2n) is 7.48. The van der Waals surface area contributed by atoms with Gasteiger partial charge in [-0.15, -0.1) is 0 Å². The lowest BCUT2D eigenvalue weighted by molar-refractivity contribution is 0.0640. The maximum absolute atomic E-state index is 12.9. The number of halogens is 1. The number of hydrogen-bond acceptors (Lipinski definition) is 6. The lowest BCUT2D eigenvalue weighted by Gasteiger charge is -2.25. The topological polar surface area (TPSA) is 94.8 Å². The number of ether oxygens (including phenoxy) is 1. The van der Waals surface area contributed by atoms with Crippen LogP contribution < -0.4 is 5.32 Å². The molecule has 0 radical (unpaired) electrons. The second-order valence-corrected chi connectivity index (χ2v) is 7.91. The van der Waals surface area contributed by atoms with Crippen molar-refractivity contribution in [2.75, 3.05) is 6.61 Å². The molecule has 8 nitrogen and oxygen atoms in total. The van der Waals surface area contributed by atoms with Crippen LogP contribution in [-0.4, -0.2) is 43.1 Å². The number of nitrogens with zero attached hydrogens (tertiary/aromatic N) is 5. The van der Waals surface area contributed by atoms with E-state index < -0.39 is 6.04 Å². The fraction of sp³-hybridized carbons (Fsp3) is 0.450. The van der Waals surface area contributed by atoms with E-state index in [1.807, 2.05) is 11.5 Å². The summed E-state index contributed by atoms with van der Waals surface area (Å²) in [5.41, 5.74) is 2.43. The van der Waals surface area contributed by atoms with E-state index in [1.54, 1.807) is 18.5 Å². The Hall–Kier alpha value is -2.58. The van der Waals surface area contributed by atoms with Crippen LogP contribution in [0.15, 0.2) is 24.7 Å². The minimum absolute atomic E-state index is 0.0867. The first-order valence-electron chi connectivity index (χ1n) is 9.68. The molecule has 29 heavy (non-hydrogen) atoms.